The number of nitrogens with zero attached hydrogens (tertiary/aromatic N) is 1. The fourth-order valence-electron chi connectivity index (χ4n) is 4.19. The first kappa shape index (κ1) is 25.2. The number of methoxy groups -OCH3 is 1. The molecule has 0 aromatic heterocycles. The number of sulfonamides is 1. The van der Waals surface area contributed by atoms with Gasteiger partial charge in [0.15, 0.2) is 0 Å². The maximum Gasteiger partial charge on any atom is 0.261 e. The molecule has 1 heterocycles. The number of hydrogen-bond acceptors (Lipinski definition) is 5. The molecule has 8 nitrogen and oxygen atoms in total. The molecule has 1 fully saturated rings. The Kier molecular flexibility index (Phi) is 7.59. The van der Waals surface area contributed by atoms with Crippen LogP contribution in [0.5, 0.6) is 5.75 Å². The Morgan fingerprint density at radius 2 is 1.58 bits per heavy atom. The maximum atomic E-state index is 13.3. The van der Waals surface area contributed by atoms with Crippen molar-refractivity contribution in [1.82, 2.24) is 10.2 Å². The van der Waals surface area contributed by atoms with Gasteiger partial charge in [-0.25, -0.2) is 8.42 Å². The fraction of sp³-hybridized carbons (Fsp3) is 0.259. The minimum atomic E-state index is -4.11. The van der Waals surface area contributed by atoms with Crippen molar-refractivity contribution >= 4 is 27.5 Å². The normalized spacial score (nSPS) is 14.2. The Hall–Kier alpha value is -3.85. The molecule has 0 spiro atoms. The van der Waals surface area contributed by atoms with Crippen LogP contribution in [0.1, 0.15) is 52.1 Å². The second-order valence-electron chi connectivity index (χ2n) is 8.62. The Balaban J connectivity index is 1.59. The SMILES string of the molecule is COc1ccc(S(=O)(=O)Nc2ccccc2C(=O)N[C@H](C)c2ccccc2)cc1C(=O)N1CCCC1. The lowest BCUT2D eigenvalue weighted by Gasteiger charge is -2.19. The molecular weight excluding hydrogens is 478 g/mol. The molecule has 2 amide bonds. The number of carbonyl (C=O) groups is 2. The smallest absolute Gasteiger partial charge is 0.261 e. The van der Waals surface area contributed by atoms with Crippen LogP contribution in [0.4, 0.5) is 5.69 Å². The number of hydrogen-bond donors (Lipinski definition) is 2. The minimum Gasteiger partial charge on any atom is -0.496 e. The largest absolute Gasteiger partial charge is 0.496 e. The highest BCUT2D eigenvalue weighted by Crippen LogP contribution is 2.27. The van der Waals surface area contributed by atoms with Gasteiger partial charge in [-0.3, -0.25) is 14.3 Å². The van der Waals surface area contributed by atoms with Gasteiger partial charge in [0.1, 0.15) is 5.75 Å². The van der Waals surface area contributed by atoms with Crippen molar-refractivity contribution in [2.45, 2.75) is 30.7 Å². The highest BCUT2D eigenvalue weighted by atomic mass is 32.2. The van der Waals surface area contributed by atoms with E-state index in [9.17, 15) is 18.0 Å². The molecule has 0 unspecified atom stereocenters. The number of carbonyl (C=O) groups excluding carboxylic acids is 2. The average molecular weight is 508 g/mol. The predicted octanol–water partition coefficient (Wildman–Crippen LogP) is 4.22. The summed E-state index contributed by atoms with van der Waals surface area (Å²) >= 11 is 0. The molecule has 3 aromatic rings. The summed E-state index contributed by atoms with van der Waals surface area (Å²) in [5.41, 5.74) is 1.44. The molecule has 2 N–H and O–H groups in total. The van der Waals surface area contributed by atoms with Crippen LogP contribution in [0.3, 0.4) is 0 Å². The summed E-state index contributed by atoms with van der Waals surface area (Å²) < 4.78 is 34.5. The van der Waals surface area contributed by atoms with E-state index in [1.54, 1.807) is 23.1 Å². The number of para-hydroxylation sites is 1. The van der Waals surface area contributed by atoms with E-state index in [1.807, 2.05) is 37.3 Å². The molecule has 9 heteroatoms. The zero-order valence-electron chi connectivity index (χ0n) is 20.2. The van der Waals surface area contributed by atoms with E-state index in [0.717, 1.165) is 18.4 Å². The molecule has 0 aliphatic carbocycles. The highest BCUT2D eigenvalue weighted by Gasteiger charge is 2.26. The number of rotatable bonds is 8. The van der Waals surface area contributed by atoms with Crippen molar-refractivity contribution in [3.05, 3.63) is 89.5 Å². The van der Waals surface area contributed by atoms with Gasteiger partial charge in [0.2, 0.25) is 0 Å². The van der Waals surface area contributed by atoms with Crippen LogP contribution in [0, 0.1) is 0 Å². The molecule has 1 atom stereocenters. The van der Waals surface area contributed by atoms with Gasteiger partial charge in [-0.15, -0.1) is 0 Å². The average Bonchev–Trinajstić information content (AvgIpc) is 3.43. The topological polar surface area (TPSA) is 105 Å². The monoisotopic (exact) mass is 507 g/mol. The summed E-state index contributed by atoms with van der Waals surface area (Å²) in [6, 6.07) is 19.8. The van der Waals surface area contributed by atoms with Crippen molar-refractivity contribution in [3.63, 3.8) is 0 Å². The van der Waals surface area contributed by atoms with Crippen LogP contribution in [0.25, 0.3) is 0 Å². The van der Waals surface area contributed by atoms with Crippen molar-refractivity contribution in [3.8, 4) is 5.75 Å². The second kappa shape index (κ2) is 10.8. The summed E-state index contributed by atoms with van der Waals surface area (Å²) in [7, 11) is -2.67. The molecule has 1 saturated heterocycles. The van der Waals surface area contributed by atoms with Gasteiger partial charge in [0.05, 0.1) is 34.9 Å². The summed E-state index contributed by atoms with van der Waals surface area (Å²) in [5.74, 6) is -0.374. The van der Waals surface area contributed by atoms with Gasteiger partial charge in [-0.2, -0.15) is 0 Å². The molecule has 1 aliphatic rings. The van der Waals surface area contributed by atoms with Crippen LogP contribution in [0.2, 0.25) is 0 Å². The van der Waals surface area contributed by atoms with Gasteiger partial charge in [-0.05, 0) is 55.7 Å². The third-order valence-electron chi connectivity index (χ3n) is 6.17. The van der Waals surface area contributed by atoms with Gasteiger partial charge in [-0.1, -0.05) is 42.5 Å². The van der Waals surface area contributed by atoms with Crippen LogP contribution in [0.15, 0.2) is 77.7 Å². The number of anilines is 1. The Morgan fingerprint density at radius 1 is 0.917 bits per heavy atom. The fourth-order valence-corrected chi connectivity index (χ4v) is 5.29. The molecule has 36 heavy (non-hydrogen) atoms. The van der Waals surface area contributed by atoms with E-state index in [0.29, 0.717) is 18.8 Å². The van der Waals surface area contributed by atoms with E-state index >= 15 is 0 Å². The maximum absolute atomic E-state index is 13.3. The number of ether oxygens (including phenoxy) is 1. The summed E-state index contributed by atoms with van der Waals surface area (Å²) in [6.07, 6.45) is 1.82. The van der Waals surface area contributed by atoms with Crippen molar-refractivity contribution in [2.24, 2.45) is 0 Å². The van der Waals surface area contributed by atoms with Crippen molar-refractivity contribution in [1.29, 1.82) is 0 Å². The lowest BCUT2D eigenvalue weighted by Crippen LogP contribution is -2.28. The number of nitrogens with one attached hydrogen (secondary N) is 2. The van der Waals surface area contributed by atoms with Gasteiger partial charge in [0, 0.05) is 13.1 Å². The molecule has 4 rings (SSSR count). The highest BCUT2D eigenvalue weighted by molar-refractivity contribution is 7.92. The first-order valence-electron chi connectivity index (χ1n) is 11.7. The van der Waals surface area contributed by atoms with E-state index in [2.05, 4.69) is 10.0 Å². The Labute approximate surface area is 211 Å². The van der Waals surface area contributed by atoms with Gasteiger partial charge >= 0.3 is 0 Å². The lowest BCUT2D eigenvalue weighted by atomic mass is 10.1. The molecule has 3 aromatic carbocycles. The van der Waals surface area contributed by atoms with Crippen molar-refractivity contribution < 1.29 is 22.7 Å². The first-order chi connectivity index (χ1) is 17.3. The first-order valence-corrected chi connectivity index (χ1v) is 13.2. The standard InChI is InChI=1S/C27H29N3O5S/c1-19(20-10-4-3-5-11-20)28-26(31)22-12-6-7-13-24(22)29-36(33,34)21-14-15-25(35-2)23(18-21)27(32)30-16-8-9-17-30/h3-7,10-15,18-19,29H,8-9,16-17H2,1-2H3,(H,28,31)/t19-/m1/s1. The third kappa shape index (κ3) is 5.52. The summed E-state index contributed by atoms with van der Waals surface area (Å²) in [6.45, 7) is 3.11. The van der Waals surface area contributed by atoms with Crippen molar-refractivity contribution in [2.75, 3.05) is 24.9 Å². The summed E-state index contributed by atoms with van der Waals surface area (Å²) in [4.78, 5) is 27.6. The Bertz CT molecular complexity index is 1350. The minimum absolute atomic E-state index is 0.0984. The second-order valence-corrected chi connectivity index (χ2v) is 10.3. The van der Waals surface area contributed by atoms with Crippen LogP contribution < -0.4 is 14.8 Å². The predicted molar refractivity (Wildman–Crippen MR) is 138 cm³/mol. The molecule has 188 valence electrons. The van der Waals surface area contributed by atoms with Gasteiger partial charge < -0.3 is 15.0 Å². The van der Waals surface area contributed by atoms with Crippen LogP contribution in [-0.2, 0) is 10.0 Å². The van der Waals surface area contributed by atoms with Crippen LogP contribution >= 0.6 is 0 Å². The Morgan fingerprint density at radius 3 is 2.28 bits per heavy atom. The number of amides is 2. The molecule has 0 radical (unpaired) electrons. The number of benzene rings is 3. The zero-order valence-corrected chi connectivity index (χ0v) is 21.0. The lowest BCUT2D eigenvalue weighted by molar-refractivity contribution is 0.0788. The van der Waals surface area contributed by atoms with Gasteiger partial charge in [0.25, 0.3) is 21.8 Å². The number of likely N-dealkylation sites (tertiary alicyclic amines) is 1. The quantitative estimate of drug-likeness (QED) is 0.475. The van der Waals surface area contributed by atoms with Crippen LogP contribution in [-0.4, -0.2) is 45.3 Å². The molecular formula is C27H29N3O5S. The van der Waals surface area contributed by atoms with E-state index in [-0.39, 0.29) is 33.7 Å². The van der Waals surface area contributed by atoms with E-state index in [1.165, 1.54) is 31.4 Å². The molecule has 1 aliphatic heterocycles. The molecule has 0 bridgehead atoms. The summed E-state index contributed by atoms with van der Waals surface area (Å²) in [5, 5.41) is 2.91. The zero-order chi connectivity index (χ0) is 25.7. The molecule has 0 saturated carbocycles. The van der Waals surface area contributed by atoms with E-state index < -0.39 is 15.9 Å². The third-order valence-corrected chi connectivity index (χ3v) is 7.53. The van der Waals surface area contributed by atoms with E-state index in [4.69, 9.17) is 4.74 Å².